The maximum Gasteiger partial charge on any atom is 0.251 e. The number of amides is 2. The number of hydrogen-bond acceptors (Lipinski definition) is 5. The molecule has 0 spiro atoms. The van der Waals surface area contributed by atoms with Crippen LogP contribution in [0.15, 0.2) is 39.9 Å². The van der Waals surface area contributed by atoms with E-state index in [1.54, 1.807) is 23.5 Å². The number of carbonyl (C=O) groups excluding carboxylic acids is 2. The molecule has 7 heteroatoms. The molecule has 2 aromatic rings. The van der Waals surface area contributed by atoms with Gasteiger partial charge in [-0.15, -0.1) is 11.8 Å². The van der Waals surface area contributed by atoms with Gasteiger partial charge in [-0.1, -0.05) is 0 Å². The van der Waals surface area contributed by atoms with E-state index in [9.17, 15) is 9.59 Å². The fourth-order valence-corrected chi connectivity index (χ4v) is 4.07. The van der Waals surface area contributed by atoms with Gasteiger partial charge in [-0.2, -0.15) is 11.3 Å². The number of thioether (sulfide) groups is 1. The Balaban J connectivity index is 1.68. The van der Waals surface area contributed by atoms with Crippen LogP contribution in [0.1, 0.15) is 22.0 Å². The second-order valence-electron chi connectivity index (χ2n) is 5.79. The van der Waals surface area contributed by atoms with E-state index >= 15 is 0 Å². The highest BCUT2D eigenvalue weighted by molar-refractivity contribution is 8.00. The molecule has 0 fully saturated rings. The molecular formula is C17H19N3O2S2. The van der Waals surface area contributed by atoms with Gasteiger partial charge in [-0.05, 0) is 54.7 Å². The molecule has 0 saturated carbocycles. The van der Waals surface area contributed by atoms with Crippen LogP contribution in [0.3, 0.4) is 0 Å². The molecular weight excluding hydrogens is 342 g/mol. The van der Waals surface area contributed by atoms with Gasteiger partial charge >= 0.3 is 0 Å². The van der Waals surface area contributed by atoms with Crippen molar-refractivity contribution in [3.8, 4) is 0 Å². The number of thiophene rings is 1. The Kier molecular flexibility index (Phi) is 5.23. The second-order valence-corrected chi connectivity index (χ2v) is 7.59. The predicted octanol–water partition coefficient (Wildman–Crippen LogP) is 2.83. The normalized spacial score (nSPS) is 14.9. The number of likely N-dealkylation sites (N-methyl/N-ethyl adjacent to an activating group) is 1. The lowest BCUT2D eigenvalue weighted by atomic mass is 10.1. The van der Waals surface area contributed by atoms with Crippen molar-refractivity contribution in [1.82, 2.24) is 10.2 Å². The Hall–Kier alpha value is -1.83. The van der Waals surface area contributed by atoms with Crippen LogP contribution in [0, 0.1) is 0 Å². The minimum absolute atomic E-state index is 0.0322. The molecule has 1 aromatic heterocycles. The summed E-state index contributed by atoms with van der Waals surface area (Å²) < 4.78 is 0. The third kappa shape index (κ3) is 3.80. The van der Waals surface area contributed by atoms with E-state index < -0.39 is 0 Å². The summed E-state index contributed by atoms with van der Waals surface area (Å²) in [6.45, 7) is 0.529. The molecule has 5 nitrogen and oxygen atoms in total. The fourth-order valence-electron chi connectivity index (χ4n) is 2.58. The maximum atomic E-state index is 12.5. The van der Waals surface area contributed by atoms with Gasteiger partial charge in [0.05, 0.1) is 17.5 Å². The molecule has 1 aliphatic rings. The van der Waals surface area contributed by atoms with Crippen LogP contribution in [0.4, 0.5) is 5.69 Å². The zero-order chi connectivity index (χ0) is 17.1. The van der Waals surface area contributed by atoms with Gasteiger partial charge in [-0.3, -0.25) is 9.59 Å². The molecule has 24 heavy (non-hydrogen) atoms. The van der Waals surface area contributed by atoms with Crippen LogP contribution in [-0.4, -0.2) is 43.1 Å². The lowest BCUT2D eigenvalue weighted by Gasteiger charge is -2.24. The van der Waals surface area contributed by atoms with E-state index in [4.69, 9.17) is 0 Å². The molecule has 2 N–H and O–H groups in total. The minimum atomic E-state index is -0.135. The minimum Gasteiger partial charge on any atom is -0.350 e. The zero-order valence-electron chi connectivity index (χ0n) is 13.5. The van der Waals surface area contributed by atoms with Crippen molar-refractivity contribution in [3.63, 3.8) is 0 Å². The quantitative estimate of drug-likeness (QED) is 0.860. The number of nitrogens with one attached hydrogen (secondary N) is 2. The Morgan fingerprint density at radius 2 is 2.21 bits per heavy atom. The van der Waals surface area contributed by atoms with Crippen LogP contribution >= 0.6 is 23.1 Å². The van der Waals surface area contributed by atoms with Crippen LogP contribution in [0.25, 0.3) is 0 Å². The van der Waals surface area contributed by atoms with Gasteiger partial charge in [0.2, 0.25) is 5.91 Å². The van der Waals surface area contributed by atoms with Crippen molar-refractivity contribution in [1.29, 1.82) is 0 Å². The van der Waals surface area contributed by atoms with E-state index in [-0.39, 0.29) is 17.9 Å². The first-order valence-electron chi connectivity index (χ1n) is 7.58. The molecule has 0 radical (unpaired) electrons. The first-order chi connectivity index (χ1) is 11.5. The van der Waals surface area contributed by atoms with Gasteiger partial charge in [-0.25, -0.2) is 0 Å². The monoisotopic (exact) mass is 361 g/mol. The Labute approximate surface area is 149 Å². The summed E-state index contributed by atoms with van der Waals surface area (Å²) in [5, 5.41) is 9.94. The summed E-state index contributed by atoms with van der Waals surface area (Å²) in [6, 6.07) is 7.63. The van der Waals surface area contributed by atoms with Crippen molar-refractivity contribution in [2.45, 2.75) is 10.9 Å². The highest BCUT2D eigenvalue weighted by Gasteiger charge is 2.19. The van der Waals surface area contributed by atoms with Gasteiger partial charge in [0.15, 0.2) is 0 Å². The fraction of sp³-hybridized carbons (Fsp3) is 0.294. The van der Waals surface area contributed by atoms with Gasteiger partial charge in [0, 0.05) is 17.0 Å². The number of rotatable bonds is 5. The number of benzene rings is 1. The summed E-state index contributed by atoms with van der Waals surface area (Å²) in [4.78, 5) is 27.0. The lowest BCUT2D eigenvalue weighted by Crippen LogP contribution is -2.34. The van der Waals surface area contributed by atoms with Crippen molar-refractivity contribution < 1.29 is 9.59 Å². The summed E-state index contributed by atoms with van der Waals surface area (Å²) in [6.07, 6.45) is 0. The summed E-state index contributed by atoms with van der Waals surface area (Å²) >= 11 is 3.14. The highest BCUT2D eigenvalue weighted by Crippen LogP contribution is 2.32. The molecule has 1 aliphatic heterocycles. The third-order valence-electron chi connectivity index (χ3n) is 3.88. The lowest BCUT2D eigenvalue weighted by molar-refractivity contribution is -0.113. The molecule has 0 saturated heterocycles. The summed E-state index contributed by atoms with van der Waals surface area (Å²) in [5.41, 5.74) is 2.46. The molecule has 0 aliphatic carbocycles. The molecule has 0 bridgehead atoms. The van der Waals surface area contributed by atoms with Gasteiger partial charge < -0.3 is 15.5 Å². The molecule has 1 aromatic carbocycles. The van der Waals surface area contributed by atoms with Crippen molar-refractivity contribution >= 4 is 40.6 Å². The van der Waals surface area contributed by atoms with Crippen LogP contribution in [0.5, 0.6) is 0 Å². The molecule has 3 rings (SSSR count). The zero-order valence-corrected chi connectivity index (χ0v) is 15.2. The Morgan fingerprint density at radius 3 is 2.92 bits per heavy atom. The molecule has 126 valence electrons. The highest BCUT2D eigenvalue weighted by atomic mass is 32.2. The van der Waals surface area contributed by atoms with Crippen molar-refractivity contribution in [3.05, 3.63) is 46.2 Å². The molecule has 2 heterocycles. The summed E-state index contributed by atoms with van der Waals surface area (Å²) in [5.74, 6) is 0.254. The predicted molar refractivity (Wildman–Crippen MR) is 98.9 cm³/mol. The van der Waals surface area contributed by atoms with E-state index in [0.29, 0.717) is 23.5 Å². The van der Waals surface area contributed by atoms with E-state index in [0.717, 1.165) is 4.90 Å². The van der Waals surface area contributed by atoms with Crippen molar-refractivity contribution in [2.75, 3.05) is 31.7 Å². The number of fused-ring (bicyclic) bond motifs is 1. The van der Waals surface area contributed by atoms with Crippen molar-refractivity contribution in [2.24, 2.45) is 0 Å². The third-order valence-corrected chi connectivity index (χ3v) is 5.66. The average Bonchev–Trinajstić information content (AvgIpc) is 3.08. The number of hydrogen-bond donors (Lipinski definition) is 2. The number of carbonyl (C=O) groups is 2. The first kappa shape index (κ1) is 17.0. The van der Waals surface area contributed by atoms with Gasteiger partial charge in [0.25, 0.3) is 5.91 Å². The SMILES string of the molecule is CN(C)[C@@H](CNC(=O)c1ccc2c(c1)NC(=O)CS2)c1ccsc1. The van der Waals surface area contributed by atoms with E-state index in [2.05, 4.69) is 27.0 Å². The standard InChI is InChI=1S/C17H19N3O2S2/c1-20(2)14(12-5-6-23-9-12)8-18-17(22)11-3-4-15-13(7-11)19-16(21)10-24-15/h3-7,9,14H,8,10H2,1-2H3,(H,18,22)(H,19,21)/t14-/m0/s1. The smallest absolute Gasteiger partial charge is 0.251 e. The van der Waals surface area contributed by atoms with Crippen LogP contribution < -0.4 is 10.6 Å². The molecule has 1 atom stereocenters. The van der Waals surface area contributed by atoms with Gasteiger partial charge in [0.1, 0.15) is 0 Å². The first-order valence-corrected chi connectivity index (χ1v) is 9.51. The average molecular weight is 361 g/mol. The molecule has 0 unspecified atom stereocenters. The van der Waals surface area contributed by atoms with E-state index in [1.165, 1.54) is 17.3 Å². The van der Waals surface area contributed by atoms with E-state index in [1.807, 2.05) is 25.5 Å². The molecule has 2 amide bonds. The Bertz CT molecular complexity index is 744. The second kappa shape index (κ2) is 7.38. The van der Waals surface area contributed by atoms with Crippen LogP contribution in [0.2, 0.25) is 0 Å². The maximum absolute atomic E-state index is 12.5. The number of anilines is 1. The summed E-state index contributed by atoms with van der Waals surface area (Å²) in [7, 11) is 4.00. The number of nitrogens with zero attached hydrogens (tertiary/aromatic N) is 1. The van der Waals surface area contributed by atoms with Crippen LogP contribution in [-0.2, 0) is 4.79 Å². The Morgan fingerprint density at radius 1 is 1.38 bits per heavy atom. The topological polar surface area (TPSA) is 61.4 Å². The largest absolute Gasteiger partial charge is 0.350 e.